The maximum Gasteiger partial charge on any atom is 0.0406 e. The van der Waals surface area contributed by atoms with Gasteiger partial charge in [0, 0.05) is 14.8 Å². The van der Waals surface area contributed by atoms with E-state index in [2.05, 4.69) is 45.0 Å². The Hall–Kier alpha value is -0.920. The first-order valence-corrected chi connectivity index (χ1v) is 6.77. The molecule has 0 fully saturated rings. The molecule has 0 radical (unpaired) electrons. The van der Waals surface area contributed by atoms with E-state index in [0.29, 0.717) is 0 Å². The first-order chi connectivity index (χ1) is 8.06. The molecule has 0 bridgehead atoms. The predicted octanol–water partition coefficient (Wildman–Crippen LogP) is 5.42. The molecule has 0 spiro atoms. The summed E-state index contributed by atoms with van der Waals surface area (Å²) in [5.41, 5.74) is 3.99. The van der Waals surface area contributed by atoms with E-state index in [9.17, 15) is 0 Å². The van der Waals surface area contributed by atoms with Crippen molar-refractivity contribution in [3.8, 4) is 0 Å². The quantitative estimate of drug-likeness (QED) is 0.697. The Morgan fingerprint density at radius 2 is 1.41 bits per heavy atom. The molecule has 0 aliphatic rings. The van der Waals surface area contributed by atoms with Gasteiger partial charge in [-0.15, -0.1) is 0 Å². The van der Waals surface area contributed by atoms with Crippen LogP contribution < -0.4 is 0 Å². The smallest absolute Gasteiger partial charge is 0.0406 e. The van der Waals surface area contributed by atoms with E-state index in [1.807, 2.05) is 12.1 Å². The molecule has 0 saturated carbocycles. The third-order valence-corrected chi connectivity index (χ3v) is 4.25. The summed E-state index contributed by atoms with van der Waals surface area (Å²) in [6.45, 7) is 6.47. The van der Waals surface area contributed by atoms with Crippen molar-refractivity contribution < 1.29 is 0 Å². The van der Waals surface area contributed by atoms with E-state index in [1.165, 1.54) is 26.5 Å². The number of halogens is 1. The molecular formula is C15H15ClS. The van der Waals surface area contributed by atoms with Crippen molar-refractivity contribution in [1.29, 1.82) is 0 Å². The monoisotopic (exact) mass is 262 g/mol. The first kappa shape index (κ1) is 12.5. The van der Waals surface area contributed by atoms with Crippen LogP contribution in [0.5, 0.6) is 0 Å². The van der Waals surface area contributed by atoms with Gasteiger partial charge >= 0.3 is 0 Å². The maximum atomic E-state index is 5.89. The van der Waals surface area contributed by atoms with Crippen LogP contribution in [0, 0.1) is 20.8 Å². The molecule has 2 aromatic rings. The van der Waals surface area contributed by atoms with Crippen molar-refractivity contribution in [2.24, 2.45) is 0 Å². The van der Waals surface area contributed by atoms with Crippen LogP contribution in [0.2, 0.25) is 5.02 Å². The summed E-state index contributed by atoms with van der Waals surface area (Å²) in [7, 11) is 0. The van der Waals surface area contributed by atoms with Gasteiger partial charge in [0.1, 0.15) is 0 Å². The van der Waals surface area contributed by atoms with Gasteiger partial charge in [-0.1, -0.05) is 41.1 Å². The molecule has 0 amide bonds. The first-order valence-electron chi connectivity index (χ1n) is 5.57. The predicted molar refractivity (Wildman–Crippen MR) is 76.2 cm³/mol. The Bertz CT molecular complexity index is 506. The van der Waals surface area contributed by atoms with Gasteiger partial charge < -0.3 is 0 Å². The zero-order valence-corrected chi connectivity index (χ0v) is 11.8. The average molecular weight is 263 g/mol. The second-order valence-corrected chi connectivity index (χ2v) is 5.80. The molecule has 2 rings (SSSR count). The molecule has 0 heterocycles. The molecular weight excluding hydrogens is 248 g/mol. The molecule has 0 atom stereocenters. The Balaban J connectivity index is 2.33. The van der Waals surface area contributed by atoms with Gasteiger partial charge in [0.2, 0.25) is 0 Å². The molecule has 0 saturated heterocycles. The number of hydrogen-bond acceptors (Lipinski definition) is 1. The lowest BCUT2D eigenvalue weighted by atomic mass is 10.1. The van der Waals surface area contributed by atoms with Crippen LogP contribution in [0.4, 0.5) is 0 Å². The lowest BCUT2D eigenvalue weighted by Gasteiger charge is -2.10. The summed E-state index contributed by atoms with van der Waals surface area (Å²) in [4.78, 5) is 2.57. The summed E-state index contributed by atoms with van der Waals surface area (Å²) in [5.74, 6) is 0. The average Bonchev–Trinajstić information content (AvgIpc) is 2.26. The van der Waals surface area contributed by atoms with Crippen molar-refractivity contribution in [3.05, 3.63) is 58.1 Å². The Morgan fingerprint density at radius 3 is 1.94 bits per heavy atom. The SMILES string of the molecule is Cc1cc(C)c(Sc2ccc(Cl)cc2)c(C)c1. The van der Waals surface area contributed by atoms with Crippen LogP contribution in [0.25, 0.3) is 0 Å². The van der Waals surface area contributed by atoms with Crippen molar-refractivity contribution in [2.45, 2.75) is 30.6 Å². The highest BCUT2D eigenvalue weighted by atomic mass is 35.5. The minimum Gasteiger partial charge on any atom is -0.0895 e. The zero-order chi connectivity index (χ0) is 12.4. The standard InChI is InChI=1S/C15H15ClS/c1-10-8-11(2)15(12(3)9-10)17-14-6-4-13(16)5-7-14/h4-9H,1-3H3. The largest absolute Gasteiger partial charge is 0.0895 e. The molecule has 0 aromatic heterocycles. The Morgan fingerprint density at radius 1 is 0.882 bits per heavy atom. The van der Waals surface area contributed by atoms with Gasteiger partial charge in [-0.3, -0.25) is 0 Å². The zero-order valence-electron chi connectivity index (χ0n) is 10.3. The molecule has 0 aliphatic heterocycles. The highest BCUT2D eigenvalue weighted by Gasteiger charge is 2.05. The fraction of sp³-hybridized carbons (Fsp3) is 0.200. The molecule has 0 N–H and O–H groups in total. The summed E-state index contributed by atoms with van der Waals surface area (Å²) in [6.07, 6.45) is 0. The van der Waals surface area contributed by atoms with Gasteiger partial charge in [-0.05, 0) is 56.2 Å². The molecule has 0 nitrogen and oxygen atoms in total. The minimum absolute atomic E-state index is 0.784. The Labute approximate surface area is 112 Å². The second kappa shape index (κ2) is 5.16. The number of rotatable bonds is 2. The van der Waals surface area contributed by atoms with Crippen molar-refractivity contribution in [3.63, 3.8) is 0 Å². The van der Waals surface area contributed by atoms with E-state index in [-0.39, 0.29) is 0 Å². The third kappa shape index (κ3) is 3.05. The van der Waals surface area contributed by atoms with E-state index in [1.54, 1.807) is 11.8 Å². The lowest BCUT2D eigenvalue weighted by Crippen LogP contribution is -1.87. The fourth-order valence-electron chi connectivity index (χ4n) is 1.95. The molecule has 2 heteroatoms. The maximum absolute atomic E-state index is 5.89. The third-order valence-electron chi connectivity index (χ3n) is 2.64. The molecule has 0 unspecified atom stereocenters. The van der Waals surface area contributed by atoms with Gasteiger partial charge in [0.15, 0.2) is 0 Å². The Kier molecular flexibility index (Phi) is 3.80. The topological polar surface area (TPSA) is 0 Å². The van der Waals surface area contributed by atoms with E-state index >= 15 is 0 Å². The van der Waals surface area contributed by atoms with Crippen LogP contribution in [0.3, 0.4) is 0 Å². The van der Waals surface area contributed by atoms with Crippen LogP contribution in [0.1, 0.15) is 16.7 Å². The van der Waals surface area contributed by atoms with Crippen LogP contribution in [-0.4, -0.2) is 0 Å². The minimum atomic E-state index is 0.784. The summed E-state index contributed by atoms with van der Waals surface area (Å²) in [6, 6.07) is 12.4. The molecule has 2 aromatic carbocycles. The molecule has 88 valence electrons. The van der Waals surface area contributed by atoms with Gasteiger partial charge in [-0.2, -0.15) is 0 Å². The normalized spacial score (nSPS) is 10.6. The summed E-state index contributed by atoms with van der Waals surface area (Å²) < 4.78 is 0. The van der Waals surface area contributed by atoms with Crippen molar-refractivity contribution in [1.82, 2.24) is 0 Å². The highest BCUT2D eigenvalue weighted by Crippen LogP contribution is 2.34. The van der Waals surface area contributed by atoms with Crippen LogP contribution in [0.15, 0.2) is 46.2 Å². The number of aryl methyl sites for hydroxylation is 3. The van der Waals surface area contributed by atoms with Crippen molar-refractivity contribution in [2.75, 3.05) is 0 Å². The highest BCUT2D eigenvalue weighted by molar-refractivity contribution is 7.99. The molecule has 17 heavy (non-hydrogen) atoms. The van der Waals surface area contributed by atoms with Crippen LogP contribution in [-0.2, 0) is 0 Å². The molecule has 0 aliphatic carbocycles. The second-order valence-electron chi connectivity index (χ2n) is 4.28. The van der Waals surface area contributed by atoms with Crippen LogP contribution >= 0.6 is 23.4 Å². The number of hydrogen-bond donors (Lipinski definition) is 0. The van der Waals surface area contributed by atoms with Gasteiger partial charge in [-0.25, -0.2) is 0 Å². The van der Waals surface area contributed by atoms with Gasteiger partial charge in [0.05, 0.1) is 0 Å². The van der Waals surface area contributed by atoms with E-state index in [0.717, 1.165) is 5.02 Å². The van der Waals surface area contributed by atoms with E-state index in [4.69, 9.17) is 11.6 Å². The lowest BCUT2D eigenvalue weighted by molar-refractivity contribution is 1.19. The van der Waals surface area contributed by atoms with Gasteiger partial charge in [0.25, 0.3) is 0 Å². The summed E-state index contributed by atoms with van der Waals surface area (Å²) >= 11 is 7.69. The van der Waals surface area contributed by atoms with Crippen molar-refractivity contribution >= 4 is 23.4 Å². The summed E-state index contributed by atoms with van der Waals surface area (Å²) in [5, 5.41) is 0.784. The fourth-order valence-corrected chi connectivity index (χ4v) is 3.02. The van der Waals surface area contributed by atoms with E-state index < -0.39 is 0 Å². The number of benzene rings is 2.